The van der Waals surface area contributed by atoms with Crippen LogP contribution in [0.2, 0.25) is 0 Å². The third-order valence-corrected chi connectivity index (χ3v) is 6.97. The zero-order chi connectivity index (χ0) is 25.9. The maximum Gasteiger partial charge on any atom is 0.253 e. The van der Waals surface area contributed by atoms with Crippen molar-refractivity contribution in [1.82, 2.24) is 24.6 Å². The van der Waals surface area contributed by atoms with Crippen molar-refractivity contribution < 1.29 is 9.18 Å². The summed E-state index contributed by atoms with van der Waals surface area (Å²) in [5.41, 5.74) is 4.27. The molecule has 1 aliphatic rings. The number of rotatable bonds is 6. The Morgan fingerprint density at radius 2 is 1.70 bits per heavy atom. The van der Waals surface area contributed by atoms with E-state index in [0.717, 1.165) is 71.8 Å². The van der Waals surface area contributed by atoms with E-state index in [2.05, 4.69) is 18.7 Å². The van der Waals surface area contributed by atoms with Gasteiger partial charge in [-0.05, 0) is 68.1 Å². The van der Waals surface area contributed by atoms with Crippen molar-refractivity contribution in [1.29, 1.82) is 0 Å². The van der Waals surface area contributed by atoms with Crippen molar-refractivity contribution in [3.63, 3.8) is 0 Å². The van der Waals surface area contributed by atoms with Gasteiger partial charge >= 0.3 is 0 Å². The van der Waals surface area contributed by atoms with E-state index in [9.17, 15) is 9.18 Å². The lowest BCUT2D eigenvalue weighted by Gasteiger charge is -2.24. The molecule has 0 atom stereocenters. The SMILES string of the molecule is CCCc1nc(N2CCCN(C(=O)c3ccc(CC)cc3)CC2)c2c(C)nn(-c3ccc(F)cc3)c2n1. The topological polar surface area (TPSA) is 67.2 Å². The number of hydrogen-bond acceptors (Lipinski definition) is 5. The van der Waals surface area contributed by atoms with E-state index < -0.39 is 0 Å². The Bertz CT molecular complexity index is 1400. The van der Waals surface area contributed by atoms with Crippen LogP contribution in [-0.2, 0) is 12.8 Å². The quantitative estimate of drug-likeness (QED) is 0.367. The molecular weight excluding hydrogens is 467 g/mol. The number of halogens is 1. The molecule has 7 nitrogen and oxygen atoms in total. The standard InChI is InChI=1S/C29H33FN6O/c1-4-7-25-31-27(26-20(3)33-36(28(26)32-25)24-14-12-23(30)13-15-24)34-16-6-17-35(19-18-34)29(37)22-10-8-21(5-2)9-11-22/h8-15H,4-7,16-19H2,1-3H3. The van der Waals surface area contributed by atoms with Gasteiger partial charge in [0.2, 0.25) is 0 Å². The Hall–Kier alpha value is -3.81. The molecule has 0 saturated carbocycles. The predicted molar refractivity (Wildman–Crippen MR) is 144 cm³/mol. The Balaban J connectivity index is 1.47. The van der Waals surface area contributed by atoms with Gasteiger partial charge in [0.1, 0.15) is 17.5 Å². The molecule has 37 heavy (non-hydrogen) atoms. The molecule has 8 heteroatoms. The van der Waals surface area contributed by atoms with E-state index in [4.69, 9.17) is 15.1 Å². The van der Waals surface area contributed by atoms with Gasteiger partial charge in [0, 0.05) is 38.2 Å². The summed E-state index contributed by atoms with van der Waals surface area (Å²) < 4.78 is 15.4. The molecule has 1 fully saturated rings. The fourth-order valence-corrected chi connectivity index (χ4v) is 4.93. The second-order valence-electron chi connectivity index (χ2n) is 9.57. The van der Waals surface area contributed by atoms with Crippen molar-refractivity contribution in [3.05, 3.63) is 77.0 Å². The molecule has 1 saturated heterocycles. The van der Waals surface area contributed by atoms with Crippen molar-refractivity contribution in [3.8, 4) is 5.69 Å². The van der Waals surface area contributed by atoms with Crippen molar-refractivity contribution in [2.45, 2.75) is 46.5 Å². The van der Waals surface area contributed by atoms with Gasteiger partial charge in [-0.2, -0.15) is 5.10 Å². The maximum absolute atomic E-state index is 13.6. The van der Waals surface area contributed by atoms with Gasteiger partial charge in [-0.25, -0.2) is 19.0 Å². The summed E-state index contributed by atoms with van der Waals surface area (Å²) in [5.74, 6) is 1.41. The average Bonchev–Trinajstić information content (AvgIpc) is 3.08. The molecule has 2 aromatic heterocycles. The van der Waals surface area contributed by atoms with Gasteiger partial charge < -0.3 is 9.80 Å². The molecule has 0 bridgehead atoms. The fraction of sp³-hybridized carbons (Fsp3) is 0.379. The number of aromatic nitrogens is 4. The zero-order valence-corrected chi connectivity index (χ0v) is 21.7. The predicted octanol–water partition coefficient (Wildman–Crippen LogP) is 5.13. The highest BCUT2D eigenvalue weighted by molar-refractivity contribution is 5.94. The number of hydrogen-bond donors (Lipinski definition) is 0. The molecule has 192 valence electrons. The van der Waals surface area contributed by atoms with E-state index in [-0.39, 0.29) is 11.7 Å². The minimum Gasteiger partial charge on any atom is -0.354 e. The number of fused-ring (bicyclic) bond motifs is 1. The normalized spacial score (nSPS) is 14.3. The molecular formula is C29H33FN6O. The van der Waals surface area contributed by atoms with Gasteiger partial charge in [-0.15, -0.1) is 0 Å². The summed E-state index contributed by atoms with van der Waals surface area (Å²) in [5, 5.41) is 5.67. The Labute approximate surface area is 216 Å². The summed E-state index contributed by atoms with van der Waals surface area (Å²) in [4.78, 5) is 27.3. The van der Waals surface area contributed by atoms with Crippen LogP contribution < -0.4 is 4.90 Å². The van der Waals surface area contributed by atoms with Gasteiger partial charge in [0.15, 0.2) is 5.65 Å². The van der Waals surface area contributed by atoms with Crippen LogP contribution in [0, 0.1) is 12.7 Å². The third-order valence-electron chi connectivity index (χ3n) is 6.97. The van der Waals surface area contributed by atoms with Crippen LogP contribution in [0.15, 0.2) is 48.5 Å². The molecule has 0 N–H and O–H groups in total. The number of aryl methyl sites for hydroxylation is 3. The molecule has 4 aromatic rings. The molecule has 0 radical (unpaired) electrons. The Morgan fingerprint density at radius 1 is 0.946 bits per heavy atom. The largest absolute Gasteiger partial charge is 0.354 e. The lowest BCUT2D eigenvalue weighted by molar-refractivity contribution is 0.0767. The minimum atomic E-state index is -0.288. The molecule has 0 aliphatic carbocycles. The summed E-state index contributed by atoms with van der Waals surface area (Å²) in [6.07, 6.45) is 3.48. The van der Waals surface area contributed by atoms with E-state index in [1.807, 2.05) is 36.1 Å². The van der Waals surface area contributed by atoms with Gasteiger partial charge in [-0.3, -0.25) is 4.79 Å². The first-order chi connectivity index (χ1) is 18.0. The van der Waals surface area contributed by atoms with Gasteiger partial charge in [0.25, 0.3) is 5.91 Å². The van der Waals surface area contributed by atoms with Crippen LogP contribution >= 0.6 is 0 Å². The monoisotopic (exact) mass is 500 g/mol. The van der Waals surface area contributed by atoms with Crippen molar-refractivity contribution in [2.24, 2.45) is 0 Å². The van der Waals surface area contributed by atoms with E-state index in [0.29, 0.717) is 19.6 Å². The highest BCUT2D eigenvalue weighted by Crippen LogP contribution is 2.30. The number of benzene rings is 2. The summed E-state index contributed by atoms with van der Waals surface area (Å²) in [6.45, 7) is 8.97. The lowest BCUT2D eigenvalue weighted by Crippen LogP contribution is -2.35. The van der Waals surface area contributed by atoms with Crippen LogP contribution in [0.3, 0.4) is 0 Å². The molecule has 2 aromatic carbocycles. The molecule has 3 heterocycles. The highest BCUT2D eigenvalue weighted by Gasteiger charge is 2.25. The number of amides is 1. The third kappa shape index (κ3) is 5.05. The number of carbonyl (C=O) groups excluding carboxylic acids is 1. The summed E-state index contributed by atoms with van der Waals surface area (Å²) in [6, 6.07) is 14.2. The molecule has 5 rings (SSSR count). The van der Waals surface area contributed by atoms with Gasteiger partial charge in [-0.1, -0.05) is 26.0 Å². The zero-order valence-electron chi connectivity index (χ0n) is 21.7. The summed E-state index contributed by atoms with van der Waals surface area (Å²) in [7, 11) is 0. The van der Waals surface area contributed by atoms with E-state index in [1.165, 1.54) is 17.7 Å². The first-order valence-corrected chi connectivity index (χ1v) is 13.1. The summed E-state index contributed by atoms with van der Waals surface area (Å²) >= 11 is 0. The Kier molecular flexibility index (Phi) is 7.17. The van der Waals surface area contributed by atoms with Crippen LogP contribution in [-0.4, -0.2) is 56.7 Å². The number of anilines is 1. The first-order valence-electron chi connectivity index (χ1n) is 13.1. The number of nitrogens with zero attached hydrogens (tertiary/aromatic N) is 6. The van der Waals surface area contributed by atoms with Crippen molar-refractivity contribution in [2.75, 3.05) is 31.1 Å². The van der Waals surface area contributed by atoms with E-state index in [1.54, 1.807) is 16.8 Å². The number of carbonyl (C=O) groups is 1. The minimum absolute atomic E-state index is 0.0734. The molecule has 0 unspecified atom stereocenters. The second-order valence-corrected chi connectivity index (χ2v) is 9.57. The molecule has 1 amide bonds. The average molecular weight is 501 g/mol. The first kappa shape index (κ1) is 24.9. The molecule has 1 aliphatic heterocycles. The Morgan fingerprint density at radius 3 is 2.41 bits per heavy atom. The highest BCUT2D eigenvalue weighted by atomic mass is 19.1. The van der Waals surface area contributed by atoms with E-state index >= 15 is 0 Å². The van der Waals surface area contributed by atoms with Crippen LogP contribution in [0.5, 0.6) is 0 Å². The second kappa shape index (κ2) is 10.7. The van der Waals surface area contributed by atoms with Crippen LogP contribution in [0.25, 0.3) is 16.7 Å². The smallest absolute Gasteiger partial charge is 0.253 e. The lowest BCUT2D eigenvalue weighted by atomic mass is 10.1. The van der Waals surface area contributed by atoms with Crippen LogP contribution in [0.4, 0.5) is 10.2 Å². The van der Waals surface area contributed by atoms with Gasteiger partial charge in [0.05, 0.1) is 16.8 Å². The molecule has 0 spiro atoms. The van der Waals surface area contributed by atoms with Crippen LogP contribution in [0.1, 0.15) is 54.1 Å². The maximum atomic E-state index is 13.6. The van der Waals surface area contributed by atoms with Crippen molar-refractivity contribution >= 4 is 22.8 Å². The fourth-order valence-electron chi connectivity index (χ4n) is 4.93.